The third-order valence-corrected chi connectivity index (χ3v) is 6.84. The molecule has 0 amide bonds. The van der Waals surface area contributed by atoms with Crippen molar-refractivity contribution in [2.24, 2.45) is 0 Å². The molecular formula is C14H13Br2Cl2NOS. The van der Waals surface area contributed by atoms with Crippen LogP contribution in [0.15, 0.2) is 26.5 Å². The van der Waals surface area contributed by atoms with E-state index in [4.69, 9.17) is 27.9 Å². The minimum Gasteiger partial charge on any atom is -0.492 e. The van der Waals surface area contributed by atoms with Crippen LogP contribution in [0.4, 0.5) is 0 Å². The summed E-state index contributed by atoms with van der Waals surface area (Å²) in [7, 11) is 1.90. The molecule has 2 aromatic rings. The van der Waals surface area contributed by atoms with Gasteiger partial charge < -0.3 is 10.1 Å². The minimum absolute atomic E-state index is 0.0294. The van der Waals surface area contributed by atoms with Gasteiger partial charge in [0.1, 0.15) is 5.75 Å². The van der Waals surface area contributed by atoms with Crippen LogP contribution in [0.3, 0.4) is 0 Å². The predicted octanol–water partition coefficient (Wildman–Crippen LogP) is 6.29. The summed E-state index contributed by atoms with van der Waals surface area (Å²) in [5.74, 6) is 0.608. The number of nitrogens with one attached hydrogen (secondary N) is 1. The molecule has 1 atom stereocenters. The Hall–Kier alpha value is 0.220. The van der Waals surface area contributed by atoms with Crippen LogP contribution in [-0.2, 0) is 0 Å². The van der Waals surface area contributed by atoms with Crippen molar-refractivity contribution in [2.75, 3.05) is 13.7 Å². The summed E-state index contributed by atoms with van der Waals surface area (Å²) in [4.78, 5) is 1.14. The summed E-state index contributed by atoms with van der Waals surface area (Å²) in [6.45, 7) is 2.46. The van der Waals surface area contributed by atoms with Crippen LogP contribution in [0.25, 0.3) is 0 Å². The van der Waals surface area contributed by atoms with Crippen molar-refractivity contribution in [3.63, 3.8) is 0 Å². The van der Waals surface area contributed by atoms with Crippen molar-refractivity contribution < 1.29 is 4.74 Å². The van der Waals surface area contributed by atoms with Crippen LogP contribution in [0.2, 0.25) is 10.0 Å². The van der Waals surface area contributed by atoms with Gasteiger partial charge in [0.25, 0.3) is 0 Å². The van der Waals surface area contributed by atoms with Crippen LogP contribution in [-0.4, -0.2) is 13.7 Å². The largest absolute Gasteiger partial charge is 0.492 e. The van der Waals surface area contributed by atoms with Crippen LogP contribution in [0.1, 0.15) is 23.4 Å². The second-order valence-electron chi connectivity index (χ2n) is 4.23. The van der Waals surface area contributed by atoms with E-state index in [2.05, 4.69) is 43.2 Å². The Labute approximate surface area is 155 Å². The number of hydrogen-bond acceptors (Lipinski definition) is 3. The Kier molecular flexibility index (Phi) is 6.41. The molecule has 21 heavy (non-hydrogen) atoms. The van der Waals surface area contributed by atoms with E-state index < -0.39 is 0 Å². The number of thiophene rings is 1. The van der Waals surface area contributed by atoms with Gasteiger partial charge in [-0.15, -0.1) is 11.3 Å². The Morgan fingerprint density at radius 2 is 1.95 bits per heavy atom. The van der Waals surface area contributed by atoms with E-state index in [1.165, 1.54) is 0 Å². The minimum atomic E-state index is -0.0294. The lowest BCUT2D eigenvalue weighted by atomic mass is 10.1. The molecule has 0 aliphatic heterocycles. The van der Waals surface area contributed by atoms with Crippen molar-refractivity contribution in [3.05, 3.63) is 46.9 Å². The van der Waals surface area contributed by atoms with Crippen LogP contribution in [0, 0.1) is 0 Å². The number of hydrogen-bond donors (Lipinski definition) is 1. The van der Waals surface area contributed by atoms with Gasteiger partial charge in [-0.25, -0.2) is 0 Å². The molecule has 1 unspecified atom stereocenters. The van der Waals surface area contributed by atoms with Gasteiger partial charge in [0.2, 0.25) is 0 Å². The molecule has 1 N–H and O–H groups in total. The van der Waals surface area contributed by atoms with E-state index in [1.807, 2.05) is 20.0 Å². The molecule has 0 saturated carbocycles. The first-order valence-corrected chi connectivity index (χ1v) is 9.37. The molecule has 0 spiro atoms. The first-order chi connectivity index (χ1) is 9.97. The molecule has 0 fully saturated rings. The third-order valence-electron chi connectivity index (χ3n) is 2.90. The highest BCUT2D eigenvalue weighted by molar-refractivity contribution is 9.13. The van der Waals surface area contributed by atoms with Crippen molar-refractivity contribution in [3.8, 4) is 5.75 Å². The lowest BCUT2D eigenvalue weighted by molar-refractivity contribution is 0.340. The number of benzene rings is 1. The molecule has 2 nitrogen and oxygen atoms in total. The third kappa shape index (κ3) is 3.95. The fourth-order valence-corrected chi connectivity index (χ4v) is 4.70. The highest BCUT2D eigenvalue weighted by Gasteiger charge is 2.20. The second kappa shape index (κ2) is 7.66. The number of ether oxygens (including phenoxy) is 1. The molecule has 1 aromatic heterocycles. The van der Waals surface area contributed by atoms with Crippen molar-refractivity contribution in [1.29, 1.82) is 0 Å². The number of halogens is 4. The summed E-state index contributed by atoms with van der Waals surface area (Å²) in [6, 6.07) is 5.66. The first-order valence-electron chi connectivity index (χ1n) is 6.21. The fraction of sp³-hybridized carbons (Fsp3) is 0.286. The summed E-state index contributed by atoms with van der Waals surface area (Å²) >= 11 is 21.4. The summed E-state index contributed by atoms with van der Waals surface area (Å²) in [5.41, 5.74) is 0.925. The Balaban J connectivity index is 2.45. The molecule has 1 aromatic carbocycles. The summed E-state index contributed by atoms with van der Waals surface area (Å²) < 4.78 is 7.54. The maximum Gasteiger partial charge on any atom is 0.139 e. The average molecular weight is 474 g/mol. The van der Waals surface area contributed by atoms with Gasteiger partial charge in [0.05, 0.1) is 21.5 Å². The SMILES string of the molecule is CCOc1cc(Cl)c(C(NC)c2cc(Br)c(Br)s2)cc1Cl. The summed E-state index contributed by atoms with van der Waals surface area (Å²) in [6.07, 6.45) is 0. The van der Waals surface area contributed by atoms with Gasteiger partial charge in [-0.1, -0.05) is 23.2 Å². The Morgan fingerprint density at radius 3 is 2.48 bits per heavy atom. The number of rotatable bonds is 5. The van der Waals surface area contributed by atoms with E-state index in [0.29, 0.717) is 22.4 Å². The van der Waals surface area contributed by atoms with E-state index in [-0.39, 0.29) is 6.04 Å². The molecule has 0 aliphatic carbocycles. The normalized spacial score (nSPS) is 12.5. The average Bonchev–Trinajstić information content (AvgIpc) is 2.76. The molecule has 114 valence electrons. The molecule has 0 saturated heterocycles. The molecule has 0 bridgehead atoms. The maximum atomic E-state index is 6.41. The monoisotopic (exact) mass is 471 g/mol. The van der Waals surface area contributed by atoms with E-state index in [9.17, 15) is 0 Å². The van der Waals surface area contributed by atoms with Gasteiger partial charge in [0, 0.05) is 20.4 Å². The van der Waals surface area contributed by atoms with Crippen LogP contribution in [0.5, 0.6) is 5.75 Å². The van der Waals surface area contributed by atoms with Crippen molar-refractivity contribution in [1.82, 2.24) is 5.32 Å². The Bertz CT molecular complexity index is 629. The molecule has 0 aliphatic rings. The van der Waals surface area contributed by atoms with Gasteiger partial charge in [-0.3, -0.25) is 0 Å². The molecule has 7 heteroatoms. The van der Waals surface area contributed by atoms with Gasteiger partial charge in [0.15, 0.2) is 0 Å². The molecule has 2 rings (SSSR count). The van der Waals surface area contributed by atoms with E-state index in [1.54, 1.807) is 17.4 Å². The van der Waals surface area contributed by atoms with E-state index in [0.717, 1.165) is 18.7 Å². The Morgan fingerprint density at radius 1 is 1.24 bits per heavy atom. The fourth-order valence-electron chi connectivity index (χ4n) is 1.99. The van der Waals surface area contributed by atoms with Crippen LogP contribution < -0.4 is 10.1 Å². The van der Waals surface area contributed by atoms with Crippen molar-refractivity contribution in [2.45, 2.75) is 13.0 Å². The van der Waals surface area contributed by atoms with Gasteiger partial charge >= 0.3 is 0 Å². The second-order valence-corrected chi connectivity index (χ2v) is 8.30. The van der Waals surface area contributed by atoms with Crippen LogP contribution >= 0.6 is 66.4 Å². The first kappa shape index (κ1) is 17.6. The molecule has 0 radical (unpaired) electrons. The van der Waals surface area contributed by atoms with Gasteiger partial charge in [-0.05, 0) is 63.5 Å². The zero-order chi connectivity index (χ0) is 15.6. The lowest BCUT2D eigenvalue weighted by Gasteiger charge is -2.18. The molecule has 1 heterocycles. The summed E-state index contributed by atoms with van der Waals surface area (Å²) in [5, 5.41) is 4.47. The highest BCUT2D eigenvalue weighted by atomic mass is 79.9. The maximum absolute atomic E-state index is 6.41. The zero-order valence-electron chi connectivity index (χ0n) is 11.3. The predicted molar refractivity (Wildman–Crippen MR) is 98.3 cm³/mol. The zero-order valence-corrected chi connectivity index (χ0v) is 16.8. The van der Waals surface area contributed by atoms with Crippen molar-refractivity contribution >= 4 is 66.4 Å². The highest BCUT2D eigenvalue weighted by Crippen LogP contribution is 2.41. The van der Waals surface area contributed by atoms with E-state index >= 15 is 0 Å². The smallest absolute Gasteiger partial charge is 0.139 e. The quantitative estimate of drug-likeness (QED) is 0.551. The standard InChI is InChI=1S/C14H13Br2Cl2NOS/c1-3-20-11-6-9(17)7(4-10(11)18)13(19-2)12-5-8(15)14(16)21-12/h4-6,13,19H,3H2,1-2H3. The van der Waals surface area contributed by atoms with Gasteiger partial charge in [-0.2, -0.15) is 0 Å². The topological polar surface area (TPSA) is 21.3 Å². The molecular weight excluding hydrogens is 461 g/mol. The lowest BCUT2D eigenvalue weighted by Crippen LogP contribution is -2.17.